The molecule has 0 aliphatic carbocycles. The van der Waals surface area contributed by atoms with E-state index in [4.69, 9.17) is 19.3 Å². The van der Waals surface area contributed by atoms with E-state index in [1.54, 1.807) is 20.8 Å². The van der Waals surface area contributed by atoms with Gasteiger partial charge in [-0.15, -0.1) is 12.4 Å². The monoisotopic (exact) mass is 772 g/mol. The van der Waals surface area contributed by atoms with E-state index in [0.717, 1.165) is 31.5 Å². The maximum absolute atomic E-state index is 12.4. The third kappa shape index (κ3) is 14.3. The number of benzene rings is 1. The molecule has 4 aliphatic rings. The number of esters is 3. The average molecular weight is 773 g/mol. The van der Waals surface area contributed by atoms with Gasteiger partial charge in [-0.1, -0.05) is 30.3 Å². The van der Waals surface area contributed by atoms with Crippen molar-refractivity contribution in [2.24, 2.45) is 0 Å². The molecule has 2 amide bonds. The lowest BCUT2D eigenvalue weighted by molar-refractivity contribution is -0.164. The molecule has 0 spiro atoms. The van der Waals surface area contributed by atoms with Crippen LogP contribution in [0.25, 0.3) is 0 Å². The van der Waals surface area contributed by atoms with Gasteiger partial charge in [0.05, 0.1) is 21.3 Å². The molecular formula is C36H57ClN4O12. The van der Waals surface area contributed by atoms with Crippen molar-refractivity contribution in [1.29, 1.82) is 0 Å². The fourth-order valence-corrected chi connectivity index (χ4v) is 5.11. The second-order valence-electron chi connectivity index (χ2n) is 14.5. The van der Waals surface area contributed by atoms with E-state index in [1.807, 2.05) is 51.1 Å². The Morgan fingerprint density at radius 3 is 1.57 bits per heavy atom. The second kappa shape index (κ2) is 20.9. The van der Waals surface area contributed by atoms with E-state index < -0.39 is 46.9 Å². The van der Waals surface area contributed by atoms with Crippen molar-refractivity contribution in [3.05, 3.63) is 35.9 Å². The van der Waals surface area contributed by atoms with Crippen molar-refractivity contribution in [2.45, 2.75) is 109 Å². The van der Waals surface area contributed by atoms with Crippen LogP contribution in [0, 0.1) is 0 Å². The molecule has 4 unspecified atom stereocenters. The van der Waals surface area contributed by atoms with Gasteiger partial charge in [-0.2, -0.15) is 0 Å². The van der Waals surface area contributed by atoms with Crippen LogP contribution in [0.2, 0.25) is 0 Å². The van der Waals surface area contributed by atoms with Crippen LogP contribution in [0.5, 0.6) is 0 Å². The predicted molar refractivity (Wildman–Crippen MR) is 196 cm³/mol. The minimum absolute atomic E-state index is 0. The Morgan fingerprint density at radius 2 is 1.26 bits per heavy atom. The topological polar surface area (TPSA) is 199 Å². The summed E-state index contributed by atoms with van der Waals surface area (Å²) in [5.41, 5.74) is -1.10. The number of carboxylic acid groups (broad SMARTS) is 1. The summed E-state index contributed by atoms with van der Waals surface area (Å²) in [7, 11) is 4.07. The van der Waals surface area contributed by atoms with Crippen LogP contribution in [0.15, 0.2) is 30.3 Å². The van der Waals surface area contributed by atoms with Crippen LogP contribution in [0.3, 0.4) is 0 Å². The lowest BCUT2D eigenvalue weighted by Crippen LogP contribution is -2.68. The number of nitrogens with one attached hydrogen (secondary N) is 2. The van der Waals surface area contributed by atoms with Crippen LogP contribution in [-0.4, -0.2) is 133 Å². The lowest BCUT2D eigenvalue weighted by atomic mass is 9.79. The van der Waals surface area contributed by atoms with E-state index >= 15 is 0 Å². The molecule has 3 N–H and O–H groups in total. The van der Waals surface area contributed by atoms with Crippen molar-refractivity contribution >= 4 is 48.5 Å². The van der Waals surface area contributed by atoms with Crippen LogP contribution >= 0.6 is 12.4 Å². The first-order valence-electron chi connectivity index (χ1n) is 17.3. The van der Waals surface area contributed by atoms with Crippen molar-refractivity contribution in [3.63, 3.8) is 0 Å². The second-order valence-corrected chi connectivity index (χ2v) is 14.5. The lowest BCUT2D eigenvalue weighted by Gasteiger charge is -2.50. The Kier molecular flexibility index (Phi) is 18.5. The summed E-state index contributed by atoms with van der Waals surface area (Å²) in [6.45, 7) is 13.6. The Balaban J connectivity index is 0.000000389. The van der Waals surface area contributed by atoms with E-state index in [1.165, 1.54) is 31.1 Å². The zero-order valence-corrected chi connectivity index (χ0v) is 33.0. The molecule has 0 aromatic heterocycles. The quantitative estimate of drug-likeness (QED) is 0.281. The molecule has 4 fully saturated rings. The number of hydrogen-bond acceptors (Lipinski definition) is 13. The van der Waals surface area contributed by atoms with Gasteiger partial charge in [-0.05, 0) is 85.9 Å². The molecule has 4 atom stereocenters. The maximum Gasteiger partial charge on any atom is 0.411 e. The molecule has 0 bridgehead atoms. The summed E-state index contributed by atoms with van der Waals surface area (Å²) in [6.07, 6.45) is 2.44. The Labute approximate surface area is 317 Å². The number of methoxy groups -OCH3 is 3. The molecule has 16 nitrogen and oxygen atoms in total. The number of hydrogen-bond donors (Lipinski definition) is 3. The van der Waals surface area contributed by atoms with Gasteiger partial charge in [0.1, 0.15) is 34.9 Å². The van der Waals surface area contributed by atoms with Gasteiger partial charge in [0.25, 0.3) is 0 Å². The minimum Gasteiger partial charge on any atom is -0.480 e. The third-order valence-electron chi connectivity index (χ3n) is 8.34. The summed E-state index contributed by atoms with van der Waals surface area (Å²) in [6, 6.07) is 8.89. The highest BCUT2D eigenvalue weighted by atomic mass is 35.5. The van der Waals surface area contributed by atoms with Gasteiger partial charge in [0, 0.05) is 19.5 Å². The smallest absolute Gasteiger partial charge is 0.411 e. The number of rotatable bonds is 6. The SMILES string of the molecule is COC(=O)C1(Cc2ccccc2)CCN1C(=O)OC(C)(C)C.COC(=O)C1CCN1.COC(=O)C1CCN1C(=O)OC(C)(C)C.Cl.O=C(O)C1CCN1. The average Bonchev–Trinajstić information content (AvgIpc) is 2.95. The number of amides is 2. The zero-order chi connectivity index (χ0) is 39.3. The molecule has 5 rings (SSSR count). The maximum atomic E-state index is 12.4. The van der Waals surface area contributed by atoms with Gasteiger partial charge in [-0.25, -0.2) is 19.2 Å². The van der Waals surface area contributed by atoms with Crippen LogP contribution in [-0.2, 0) is 49.3 Å². The normalized spacial score (nSPS) is 22.3. The summed E-state index contributed by atoms with van der Waals surface area (Å²) in [5, 5.41) is 13.8. The molecule has 1 aromatic rings. The third-order valence-corrected chi connectivity index (χ3v) is 8.34. The van der Waals surface area contributed by atoms with Gasteiger partial charge in [0.15, 0.2) is 0 Å². The van der Waals surface area contributed by atoms with E-state index in [2.05, 4.69) is 20.1 Å². The van der Waals surface area contributed by atoms with Crippen molar-refractivity contribution in [2.75, 3.05) is 47.5 Å². The van der Waals surface area contributed by atoms with Gasteiger partial charge >= 0.3 is 36.1 Å². The summed E-state index contributed by atoms with van der Waals surface area (Å²) >= 11 is 0. The van der Waals surface area contributed by atoms with Crippen LogP contribution < -0.4 is 10.6 Å². The predicted octanol–water partition coefficient (Wildman–Crippen LogP) is 3.33. The number of ether oxygens (including phenoxy) is 5. The summed E-state index contributed by atoms with van der Waals surface area (Å²) in [4.78, 5) is 70.8. The highest BCUT2D eigenvalue weighted by molar-refractivity contribution is 5.88. The van der Waals surface area contributed by atoms with Crippen molar-refractivity contribution < 1.29 is 57.6 Å². The first kappa shape index (κ1) is 46.9. The fraction of sp³-hybridized carbons (Fsp3) is 0.667. The first-order valence-corrected chi connectivity index (χ1v) is 17.3. The van der Waals surface area contributed by atoms with Crippen LogP contribution in [0.1, 0.15) is 72.8 Å². The number of nitrogens with zero attached hydrogens (tertiary/aromatic N) is 2. The summed E-state index contributed by atoms with van der Waals surface area (Å²) in [5.74, 6) is -1.65. The largest absolute Gasteiger partial charge is 0.480 e. The molecular weight excluding hydrogens is 716 g/mol. The van der Waals surface area contributed by atoms with E-state index in [0.29, 0.717) is 32.4 Å². The summed E-state index contributed by atoms with van der Waals surface area (Å²) < 4.78 is 24.5. The molecule has 0 saturated carbocycles. The molecule has 53 heavy (non-hydrogen) atoms. The van der Waals surface area contributed by atoms with Crippen LogP contribution in [0.4, 0.5) is 9.59 Å². The van der Waals surface area contributed by atoms with Gasteiger partial charge < -0.3 is 39.4 Å². The molecule has 1 aromatic carbocycles. The highest BCUT2D eigenvalue weighted by Gasteiger charge is 2.55. The number of carbonyl (C=O) groups excluding carboxylic acids is 5. The highest BCUT2D eigenvalue weighted by Crippen LogP contribution is 2.36. The number of aliphatic carboxylic acids is 1. The number of halogens is 1. The van der Waals surface area contributed by atoms with Crippen molar-refractivity contribution in [3.8, 4) is 0 Å². The molecule has 4 aliphatic heterocycles. The van der Waals surface area contributed by atoms with Gasteiger partial charge in [-0.3, -0.25) is 19.4 Å². The molecule has 300 valence electrons. The Bertz CT molecular complexity index is 1380. The Hall–Kier alpha value is -4.15. The number of likely N-dealkylation sites (tertiary alicyclic amines) is 2. The standard InChI is InChI=1S/C17H23NO4.C10H17NO4.C5H9NO2.C4H7NO2.ClH/c1-16(2,3)22-15(20)18-11-10-17(18,14(19)21-4)12-13-8-6-5-7-9-13;1-10(2,3)15-9(13)11-6-5-7(11)8(12)14-4;1-8-5(7)4-2-3-6-4;6-4(7)3-1-2-5-3;/h5-9H,10-12H2,1-4H3;7H,5-6H2,1-4H3;4,6H,2-3H2,1H3;3,5H,1-2H2,(H,6,7);1H. The Morgan fingerprint density at radius 1 is 0.755 bits per heavy atom. The zero-order valence-electron chi connectivity index (χ0n) is 32.2. The molecule has 17 heteroatoms. The molecule has 4 saturated heterocycles. The van der Waals surface area contributed by atoms with E-state index in [-0.39, 0.29) is 36.4 Å². The van der Waals surface area contributed by atoms with E-state index in [9.17, 15) is 28.8 Å². The van der Waals surface area contributed by atoms with Gasteiger partial charge in [0.2, 0.25) is 0 Å². The first-order chi connectivity index (χ1) is 24.3. The molecule has 0 radical (unpaired) electrons. The number of carbonyl (C=O) groups is 6. The minimum atomic E-state index is -0.960. The fourth-order valence-electron chi connectivity index (χ4n) is 5.11. The molecule has 4 heterocycles. The number of carboxylic acids is 1. The van der Waals surface area contributed by atoms with Crippen molar-refractivity contribution in [1.82, 2.24) is 20.4 Å².